The van der Waals surface area contributed by atoms with Gasteiger partial charge in [-0.25, -0.2) is 0 Å². The van der Waals surface area contributed by atoms with Gasteiger partial charge in [-0.05, 0) is 47.5 Å². The third kappa shape index (κ3) is 2.49. The summed E-state index contributed by atoms with van der Waals surface area (Å²) in [5.74, 6) is 0. The largest absolute Gasteiger partial charge is 0.386 e. The van der Waals surface area contributed by atoms with Crippen LogP contribution < -0.4 is 4.90 Å². The van der Waals surface area contributed by atoms with E-state index >= 15 is 0 Å². The van der Waals surface area contributed by atoms with Gasteiger partial charge in [0.25, 0.3) is 0 Å². The molecule has 0 radical (unpaired) electrons. The molecule has 0 aliphatic carbocycles. The van der Waals surface area contributed by atoms with Crippen molar-refractivity contribution in [3.05, 3.63) is 28.2 Å². The van der Waals surface area contributed by atoms with Gasteiger partial charge in [-0.1, -0.05) is 6.07 Å². The third-order valence-electron chi connectivity index (χ3n) is 2.14. The second-order valence-electron chi connectivity index (χ2n) is 4.12. The van der Waals surface area contributed by atoms with Crippen molar-refractivity contribution in [1.82, 2.24) is 0 Å². The van der Waals surface area contributed by atoms with Crippen LogP contribution in [0.2, 0.25) is 0 Å². The zero-order valence-corrected chi connectivity index (χ0v) is 10.6. The van der Waals surface area contributed by atoms with Crippen molar-refractivity contribution in [1.29, 1.82) is 0 Å². The maximum atomic E-state index is 9.81. The van der Waals surface area contributed by atoms with Crippen molar-refractivity contribution in [2.75, 3.05) is 19.0 Å². The second kappa shape index (κ2) is 3.91. The SMILES string of the molecule is CN(C)c1ccc(C(C)(C)O)cc1Br. The highest BCUT2D eigenvalue weighted by Crippen LogP contribution is 2.30. The summed E-state index contributed by atoms with van der Waals surface area (Å²) < 4.78 is 1.00. The molecule has 3 heteroatoms. The van der Waals surface area contributed by atoms with E-state index in [0.29, 0.717) is 0 Å². The molecule has 0 heterocycles. The number of hydrogen-bond acceptors (Lipinski definition) is 2. The minimum absolute atomic E-state index is 0.784. The molecule has 0 bridgehead atoms. The van der Waals surface area contributed by atoms with Gasteiger partial charge in [0.1, 0.15) is 0 Å². The number of halogens is 1. The van der Waals surface area contributed by atoms with E-state index in [4.69, 9.17) is 0 Å². The molecular formula is C11H16BrNO. The number of anilines is 1. The summed E-state index contributed by atoms with van der Waals surface area (Å²) in [5.41, 5.74) is 1.24. The van der Waals surface area contributed by atoms with Crippen LogP contribution in [0.5, 0.6) is 0 Å². The van der Waals surface area contributed by atoms with Gasteiger partial charge in [-0.2, -0.15) is 0 Å². The molecule has 0 spiro atoms. The van der Waals surface area contributed by atoms with Crippen molar-refractivity contribution in [2.45, 2.75) is 19.4 Å². The van der Waals surface area contributed by atoms with Crippen molar-refractivity contribution < 1.29 is 5.11 Å². The molecule has 0 unspecified atom stereocenters. The number of benzene rings is 1. The van der Waals surface area contributed by atoms with Crippen LogP contribution >= 0.6 is 15.9 Å². The van der Waals surface area contributed by atoms with Crippen LogP contribution in [-0.2, 0) is 5.60 Å². The Morgan fingerprint density at radius 3 is 2.21 bits per heavy atom. The monoisotopic (exact) mass is 257 g/mol. The standard InChI is InChI=1S/C11H16BrNO/c1-11(2,14)8-5-6-10(13(3)4)9(12)7-8/h5-7,14H,1-4H3. The van der Waals surface area contributed by atoms with Gasteiger partial charge in [0.15, 0.2) is 0 Å². The molecule has 0 atom stereocenters. The summed E-state index contributed by atoms with van der Waals surface area (Å²) in [6.45, 7) is 3.56. The van der Waals surface area contributed by atoms with Gasteiger partial charge in [0, 0.05) is 18.6 Å². The second-order valence-corrected chi connectivity index (χ2v) is 4.97. The van der Waals surface area contributed by atoms with Crippen LogP contribution in [0.1, 0.15) is 19.4 Å². The Labute approximate surface area is 93.7 Å². The van der Waals surface area contributed by atoms with E-state index < -0.39 is 5.60 Å². The lowest BCUT2D eigenvalue weighted by molar-refractivity contribution is 0.0785. The Balaban J connectivity index is 3.13. The molecular weight excluding hydrogens is 242 g/mol. The van der Waals surface area contributed by atoms with Crippen LogP contribution in [0.3, 0.4) is 0 Å². The summed E-state index contributed by atoms with van der Waals surface area (Å²) >= 11 is 3.49. The lowest BCUT2D eigenvalue weighted by atomic mass is 9.98. The molecule has 0 aliphatic rings. The minimum Gasteiger partial charge on any atom is -0.386 e. The molecule has 1 aromatic rings. The molecule has 1 rings (SSSR count). The van der Waals surface area contributed by atoms with E-state index in [-0.39, 0.29) is 0 Å². The average Bonchev–Trinajstić information content (AvgIpc) is 2.01. The molecule has 1 N–H and O–H groups in total. The molecule has 0 saturated heterocycles. The van der Waals surface area contributed by atoms with Gasteiger partial charge in [-0.15, -0.1) is 0 Å². The quantitative estimate of drug-likeness (QED) is 0.881. The van der Waals surface area contributed by atoms with Gasteiger partial charge < -0.3 is 10.0 Å². The fraction of sp³-hybridized carbons (Fsp3) is 0.455. The molecule has 0 saturated carbocycles. The van der Waals surface area contributed by atoms with Crippen LogP contribution in [0, 0.1) is 0 Å². The zero-order valence-electron chi connectivity index (χ0n) is 9.00. The van der Waals surface area contributed by atoms with Crippen LogP contribution in [0.15, 0.2) is 22.7 Å². The predicted octanol–water partition coefficient (Wildman–Crippen LogP) is 2.74. The summed E-state index contributed by atoms with van der Waals surface area (Å²) in [6.07, 6.45) is 0. The molecule has 14 heavy (non-hydrogen) atoms. The van der Waals surface area contributed by atoms with Crippen molar-refractivity contribution >= 4 is 21.6 Å². The first-order chi connectivity index (χ1) is 6.32. The maximum absolute atomic E-state index is 9.81. The molecule has 2 nitrogen and oxygen atoms in total. The minimum atomic E-state index is -0.784. The maximum Gasteiger partial charge on any atom is 0.0840 e. The van der Waals surface area contributed by atoms with Crippen LogP contribution in [0.25, 0.3) is 0 Å². The number of hydrogen-bond donors (Lipinski definition) is 1. The Morgan fingerprint density at radius 2 is 1.86 bits per heavy atom. The van der Waals surface area contributed by atoms with E-state index in [1.807, 2.05) is 37.2 Å². The molecule has 0 fully saturated rings. The molecule has 0 aliphatic heterocycles. The average molecular weight is 258 g/mol. The Hall–Kier alpha value is -0.540. The van der Waals surface area contributed by atoms with Crippen LogP contribution in [0.4, 0.5) is 5.69 Å². The third-order valence-corrected chi connectivity index (χ3v) is 2.77. The molecule has 1 aromatic carbocycles. The van der Waals surface area contributed by atoms with Crippen molar-refractivity contribution in [3.8, 4) is 0 Å². The highest BCUT2D eigenvalue weighted by Gasteiger charge is 2.17. The Morgan fingerprint density at radius 1 is 1.29 bits per heavy atom. The van der Waals surface area contributed by atoms with Crippen molar-refractivity contribution in [2.24, 2.45) is 0 Å². The Bertz CT molecular complexity index is 329. The summed E-state index contributed by atoms with van der Waals surface area (Å²) in [6, 6.07) is 5.90. The van der Waals surface area contributed by atoms with Crippen LogP contribution in [-0.4, -0.2) is 19.2 Å². The van der Waals surface area contributed by atoms with Gasteiger partial charge in [-0.3, -0.25) is 0 Å². The highest BCUT2D eigenvalue weighted by molar-refractivity contribution is 9.10. The summed E-state index contributed by atoms with van der Waals surface area (Å²) in [5, 5.41) is 9.81. The number of aliphatic hydroxyl groups is 1. The Kier molecular flexibility index (Phi) is 3.22. The van der Waals surface area contributed by atoms with E-state index in [9.17, 15) is 5.11 Å². The normalized spacial score (nSPS) is 11.6. The predicted molar refractivity (Wildman–Crippen MR) is 63.7 cm³/mol. The first kappa shape index (κ1) is 11.5. The lowest BCUT2D eigenvalue weighted by Gasteiger charge is -2.21. The highest BCUT2D eigenvalue weighted by atomic mass is 79.9. The van der Waals surface area contributed by atoms with E-state index in [1.54, 1.807) is 13.8 Å². The van der Waals surface area contributed by atoms with Gasteiger partial charge in [0.05, 0.1) is 11.3 Å². The van der Waals surface area contributed by atoms with E-state index in [2.05, 4.69) is 15.9 Å². The molecule has 0 aromatic heterocycles. The van der Waals surface area contributed by atoms with Crippen molar-refractivity contribution in [3.63, 3.8) is 0 Å². The number of rotatable bonds is 2. The van der Waals surface area contributed by atoms with E-state index in [1.165, 1.54) is 0 Å². The first-order valence-corrected chi connectivity index (χ1v) is 5.31. The molecule has 78 valence electrons. The topological polar surface area (TPSA) is 23.5 Å². The zero-order chi connectivity index (χ0) is 10.9. The summed E-state index contributed by atoms with van der Waals surface area (Å²) in [7, 11) is 3.98. The fourth-order valence-corrected chi connectivity index (χ4v) is 1.98. The number of nitrogens with zero attached hydrogens (tertiary/aromatic N) is 1. The van der Waals surface area contributed by atoms with Gasteiger partial charge in [0.2, 0.25) is 0 Å². The fourth-order valence-electron chi connectivity index (χ4n) is 1.25. The molecule has 0 amide bonds. The van der Waals surface area contributed by atoms with Gasteiger partial charge >= 0.3 is 0 Å². The first-order valence-electron chi connectivity index (χ1n) is 4.52. The lowest BCUT2D eigenvalue weighted by Crippen LogP contribution is -2.16. The van der Waals surface area contributed by atoms with E-state index in [0.717, 1.165) is 15.7 Å². The smallest absolute Gasteiger partial charge is 0.0840 e. The summed E-state index contributed by atoms with van der Waals surface area (Å²) in [4.78, 5) is 2.03.